The zero-order valence-corrected chi connectivity index (χ0v) is 11.5. The minimum absolute atomic E-state index is 0.546. The molecule has 1 saturated carbocycles. The van der Waals surface area contributed by atoms with Crippen molar-refractivity contribution in [3.63, 3.8) is 0 Å². The lowest BCUT2D eigenvalue weighted by molar-refractivity contribution is 0.315. The number of aliphatic imine (C=N–C) groups is 1. The Morgan fingerprint density at radius 1 is 1.50 bits per heavy atom. The summed E-state index contributed by atoms with van der Waals surface area (Å²) in [5, 5.41) is 7.57. The van der Waals surface area contributed by atoms with E-state index in [2.05, 4.69) is 22.3 Å². The highest BCUT2D eigenvalue weighted by Crippen LogP contribution is 2.25. The number of rotatable bonds is 4. The Morgan fingerprint density at radius 2 is 2.22 bits per heavy atom. The zero-order valence-electron chi connectivity index (χ0n) is 11.5. The van der Waals surface area contributed by atoms with Crippen LogP contribution in [0.3, 0.4) is 0 Å². The molecule has 2 rings (SSSR count). The van der Waals surface area contributed by atoms with Crippen LogP contribution in [-0.4, -0.2) is 22.3 Å². The normalized spacial score (nSPS) is 16.7. The number of hydrogen-bond acceptors (Lipinski definition) is 2. The van der Waals surface area contributed by atoms with E-state index in [-0.39, 0.29) is 0 Å². The molecule has 1 aliphatic carbocycles. The van der Waals surface area contributed by atoms with Gasteiger partial charge >= 0.3 is 0 Å². The molecule has 100 valence electrons. The molecular weight excluding hydrogens is 226 g/mol. The Kier molecular flexibility index (Phi) is 3.89. The summed E-state index contributed by atoms with van der Waals surface area (Å²) >= 11 is 0. The summed E-state index contributed by atoms with van der Waals surface area (Å²) in [6, 6.07) is 0. The Labute approximate surface area is 108 Å². The van der Waals surface area contributed by atoms with Crippen LogP contribution < -0.4 is 11.1 Å². The topological polar surface area (TPSA) is 68.2 Å². The van der Waals surface area contributed by atoms with Crippen molar-refractivity contribution < 1.29 is 0 Å². The first kappa shape index (κ1) is 12.9. The van der Waals surface area contributed by atoms with Crippen LogP contribution in [0.25, 0.3) is 0 Å². The van der Waals surface area contributed by atoms with Crippen LogP contribution >= 0.6 is 0 Å². The standard InChI is InChI=1S/C13H23N5/c1-9-12(10(2)18(3)17-9)8-16-13(14)15-7-11-5-4-6-11/h11H,4-8H2,1-3H3,(H3,14,15,16). The van der Waals surface area contributed by atoms with E-state index in [0.29, 0.717) is 12.5 Å². The third-order valence-electron chi connectivity index (χ3n) is 3.86. The summed E-state index contributed by atoms with van der Waals surface area (Å²) in [5.74, 6) is 1.34. The van der Waals surface area contributed by atoms with Crippen molar-refractivity contribution in [3.05, 3.63) is 17.0 Å². The number of guanidine groups is 1. The van der Waals surface area contributed by atoms with Crippen molar-refractivity contribution in [2.45, 2.75) is 39.7 Å². The van der Waals surface area contributed by atoms with Crippen molar-refractivity contribution >= 4 is 5.96 Å². The van der Waals surface area contributed by atoms with Gasteiger partial charge in [-0.15, -0.1) is 0 Å². The molecule has 0 aromatic carbocycles. The van der Waals surface area contributed by atoms with Crippen LogP contribution in [-0.2, 0) is 13.6 Å². The lowest BCUT2D eigenvalue weighted by Crippen LogP contribution is -2.37. The predicted octanol–water partition coefficient (Wildman–Crippen LogP) is 1.24. The predicted molar refractivity (Wildman–Crippen MR) is 73.4 cm³/mol. The Morgan fingerprint density at radius 3 is 2.72 bits per heavy atom. The van der Waals surface area contributed by atoms with Crippen molar-refractivity contribution in [2.24, 2.45) is 23.7 Å². The maximum absolute atomic E-state index is 5.87. The van der Waals surface area contributed by atoms with Gasteiger partial charge < -0.3 is 11.1 Å². The third kappa shape index (κ3) is 2.83. The number of nitrogens with zero attached hydrogens (tertiary/aromatic N) is 3. The summed E-state index contributed by atoms with van der Waals surface area (Å²) in [6.07, 6.45) is 4.00. The molecule has 1 aromatic rings. The van der Waals surface area contributed by atoms with E-state index in [0.717, 1.165) is 23.9 Å². The van der Waals surface area contributed by atoms with E-state index in [1.807, 2.05) is 18.7 Å². The second-order valence-electron chi connectivity index (χ2n) is 5.15. The van der Waals surface area contributed by atoms with Gasteiger partial charge in [-0.3, -0.25) is 4.68 Å². The van der Waals surface area contributed by atoms with E-state index < -0.39 is 0 Å². The largest absolute Gasteiger partial charge is 0.370 e. The smallest absolute Gasteiger partial charge is 0.188 e. The first-order chi connectivity index (χ1) is 8.58. The minimum atomic E-state index is 0.546. The molecule has 0 radical (unpaired) electrons. The molecule has 1 aromatic heterocycles. The number of nitrogens with two attached hydrogens (primary N) is 1. The maximum atomic E-state index is 5.87. The summed E-state index contributed by atoms with van der Waals surface area (Å²) in [4.78, 5) is 4.39. The van der Waals surface area contributed by atoms with E-state index in [9.17, 15) is 0 Å². The molecule has 5 heteroatoms. The quantitative estimate of drug-likeness (QED) is 0.623. The van der Waals surface area contributed by atoms with Crippen LogP contribution in [0.1, 0.15) is 36.2 Å². The molecule has 18 heavy (non-hydrogen) atoms. The minimum Gasteiger partial charge on any atom is -0.370 e. The van der Waals surface area contributed by atoms with Crippen molar-refractivity contribution in [1.29, 1.82) is 0 Å². The Bertz CT molecular complexity index is 442. The second-order valence-corrected chi connectivity index (χ2v) is 5.15. The van der Waals surface area contributed by atoms with Crippen LogP contribution in [0.5, 0.6) is 0 Å². The number of nitrogens with one attached hydrogen (secondary N) is 1. The van der Waals surface area contributed by atoms with Gasteiger partial charge in [0.1, 0.15) is 0 Å². The Balaban J connectivity index is 1.88. The number of hydrogen-bond donors (Lipinski definition) is 2. The average molecular weight is 249 g/mol. The van der Waals surface area contributed by atoms with Gasteiger partial charge in [-0.25, -0.2) is 4.99 Å². The average Bonchev–Trinajstić information content (AvgIpc) is 2.49. The molecule has 5 nitrogen and oxygen atoms in total. The lowest BCUT2D eigenvalue weighted by atomic mass is 9.85. The first-order valence-corrected chi connectivity index (χ1v) is 6.60. The summed E-state index contributed by atoms with van der Waals surface area (Å²) in [5.41, 5.74) is 9.23. The van der Waals surface area contributed by atoms with Crippen LogP contribution in [0.2, 0.25) is 0 Å². The monoisotopic (exact) mass is 249 g/mol. The molecular formula is C13H23N5. The first-order valence-electron chi connectivity index (χ1n) is 6.60. The third-order valence-corrected chi connectivity index (χ3v) is 3.86. The summed E-state index contributed by atoms with van der Waals surface area (Å²) in [6.45, 7) is 5.63. The molecule has 1 heterocycles. The van der Waals surface area contributed by atoms with Crippen molar-refractivity contribution in [1.82, 2.24) is 15.1 Å². The highest BCUT2D eigenvalue weighted by atomic mass is 15.3. The maximum Gasteiger partial charge on any atom is 0.188 e. The highest BCUT2D eigenvalue weighted by Gasteiger charge is 2.16. The van der Waals surface area contributed by atoms with Gasteiger partial charge in [0.05, 0.1) is 12.2 Å². The molecule has 0 bridgehead atoms. The summed E-state index contributed by atoms with van der Waals surface area (Å²) in [7, 11) is 1.95. The van der Waals surface area contributed by atoms with Gasteiger partial charge in [-0.2, -0.15) is 5.10 Å². The second kappa shape index (κ2) is 5.42. The fourth-order valence-corrected chi connectivity index (χ4v) is 2.21. The van der Waals surface area contributed by atoms with Gasteiger partial charge in [0, 0.05) is 24.8 Å². The van der Waals surface area contributed by atoms with E-state index >= 15 is 0 Å². The van der Waals surface area contributed by atoms with E-state index in [4.69, 9.17) is 5.73 Å². The molecule has 0 aliphatic heterocycles. The number of aryl methyl sites for hydroxylation is 2. The SMILES string of the molecule is Cc1nn(C)c(C)c1CN=C(N)NCC1CCC1. The van der Waals surface area contributed by atoms with Gasteiger partial charge in [-0.05, 0) is 32.6 Å². The number of aromatic nitrogens is 2. The van der Waals surface area contributed by atoms with Crippen molar-refractivity contribution in [3.8, 4) is 0 Å². The van der Waals surface area contributed by atoms with Gasteiger partial charge in [0.2, 0.25) is 0 Å². The molecule has 0 atom stereocenters. The fourth-order valence-electron chi connectivity index (χ4n) is 2.21. The molecule has 0 amide bonds. The van der Waals surface area contributed by atoms with Crippen molar-refractivity contribution in [2.75, 3.05) is 6.54 Å². The van der Waals surface area contributed by atoms with Gasteiger partial charge in [0.15, 0.2) is 5.96 Å². The molecule has 3 N–H and O–H groups in total. The van der Waals surface area contributed by atoms with Gasteiger partial charge in [0.25, 0.3) is 0 Å². The molecule has 1 fully saturated rings. The zero-order chi connectivity index (χ0) is 13.1. The molecule has 0 unspecified atom stereocenters. The van der Waals surface area contributed by atoms with E-state index in [1.165, 1.54) is 24.8 Å². The van der Waals surface area contributed by atoms with Crippen LogP contribution in [0, 0.1) is 19.8 Å². The Hall–Kier alpha value is -1.52. The van der Waals surface area contributed by atoms with Gasteiger partial charge in [-0.1, -0.05) is 6.42 Å². The van der Waals surface area contributed by atoms with Crippen LogP contribution in [0.4, 0.5) is 0 Å². The fraction of sp³-hybridized carbons (Fsp3) is 0.692. The lowest BCUT2D eigenvalue weighted by Gasteiger charge is -2.25. The highest BCUT2D eigenvalue weighted by molar-refractivity contribution is 5.77. The molecule has 0 spiro atoms. The van der Waals surface area contributed by atoms with E-state index in [1.54, 1.807) is 0 Å². The van der Waals surface area contributed by atoms with Crippen LogP contribution in [0.15, 0.2) is 4.99 Å². The summed E-state index contributed by atoms with van der Waals surface area (Å²) < 4.78 is 1.89. The molecule has 0 saturated heterocycles. The molecule has 1 aliphatic rings.